The molecule has 0 amide bonds. The number of hydrogen-bond donors (Lipinski definition) is 1. The van der Waals surface area contributed by atoms with Gasteiger partial charge in [-0.25, -0.2) is 8.42 Å². The predicted octanol–water partition coefficient (Wildman–Crippen LogP) is 0.955. The highest BCUT2D eigenvalue weighted by molar-refractivity contribution is 9.10. The van der Waals surface area contributed by atoms with E-state index in [0.29, 0.717) is 0 Å². The van der Waals surface area contributed by atoms with Gasteiger partial charge < -0.3 is 5.11 Å². The normalized spacial score (nSPS) is 18.4. The van der Waals surface area contributed by atoms with Crippen molar-refractivity contribution in [2.24, 2.45) is 0 Å². The Labute approximate surface area is 103 Å². The summed E-state index contributed by atoms with van der Waals surface area (Å²) in [4.78, 5) is 0. The van der Waals surface area contributed by atoms with Crippen molar-refractivity contribution in [1.82, 2.24) is 4.31 Å². The molecule has 16 heavy (non-hydrogen) atoms. The molecular formula is C10H12BrNO3S. The third-order valence-electron chi connectivity index (χ3n) is 2.52. The molecule has 0 radical (unpaired) electrons. The lowest BCUT2D eigenvalue weighted by Gasteiger charge is -2.34. The molecular weight excluding hydrogens is 294 g/mol. The average molecular weight is 306 g/mol. The summed E-state index contributed by atoms with van der Waals surface area (Å²) in [6.45, 7) is 0.430. The molecule has 1 aromatic carbocycles. The largest absolute Gasteiger partial charge is 0.390 e. The summed E-state index contributed by atoms with van der Waals surface area (Å²) in [5.74, 6) is -0.0266. The van der Waals surface area contributed by atoms with Gasteiger partial charge in [-0.15, -0.1) is 0 Å². The van der Waals surface area contributed by atoms with Crippen LogP contribution in [0, 0.1) is 0 Å². The zero-order valence-electron chi connectivity index (χ0n) is 8.51. The van der Waals surface area contributed by atoms with Crippen molar-refractivity contribution in [3.63, 3.8) is 0 Å². The Morgan fingerprint density at radius 1 is 1.38 bits per heavy atom. The predicted molar refractivity (Wildman–Crippen MR) is 64.3 cm³/mol. The van der Waals surface area contributed by atoms with Crippen molar-refractivity contribution in [1.29, 1.82) is 0 Å². The van der Waals surface area contributed by atoms with E-state index in [1.54, 1.807) is 12.1 Å². The first kappa shape index (κ1) is 12.0. The Morgan fingerprint density at radius 3 is 2.56 bits per heavy atom. The fourth-order valence-electron chi connectivity index (χ4n) is 1.55. The SMILES string of the molecule is O=S(=O)(Cc1ccccc1Br)N1CC(O)C1. The highest BCUT2D eigenvalue weighted by atomic mass is 79.9. The zero-order chi connectivity index (χ0) is 11.8. The van der Waals surface area contributed by atoms with Gasteiger partial charge in [-0.1, -0.05) is 34.1 Å². The van der Waals surface area contributed by atoms with E-state index < -0.39 is 16.1 Å². The first-order valence-corrected chi connectivity index (χ1v) is 7.28. The van der Waals surface area contributed by atoms with Gasteiger partial charge in [-0.3, -0.25) is 0 Å². The number of rotatable bonds is 3. The second-order valence-electron chi connectivity index (χ2n) is 3.82. The Kier molecular flexibility index (Phi) is 3.34. The van der Waals surface area contributed by atoms with E-state index in [-0.39, 0.29) is 18.8 Å². The smallest absolute Gasteiger partial charge is 0.218 e. The van der Waals surface area contributed by atoms with Crippen molar-refractivity contribution in [2.45, 2.75) is 11.9 Å². The zero-order valence-corrected chi connectivity index (χ0v) is 10.9. The highest BCUT2D eigenvalue weighted by Gasteiger charge is 2.34. The van der Waals surface area contributed by atoms with Crippen LogP contribution >= 0.6 is 15.9 Å². The standard InChI is InChI=1S/C10H12BrNO3S/c11-10-4-2-1-3-8(10)7-16(14,15)12-5-9(13)6-12/h1-4,9,13H,5-7H2. The van der Waals surface area contributed by atoms with Crippen LogP contribution < -0.4 is 0 Å². The topological polar surface area (TPSA) is 57.6 Å². The van der Waals surface area contributed by atoms with Gasteiger partial charge in [0.05, 0.1) is 11.9 Å². The Balaban J connectivity index is 2.13. The van der Waals surface area contributed by atoms with E-state index in [2.05, 4.69) is 15.9 Å². The van der Waals surface area contributed by atoms with E-state index in [1.165, 1.54) is 4.31 Å². The lowest BCUT2D eigenvalue weighted by molar-refractivity contribution is 0.0547. The average Bonchev–Trinajstić information content (AvgIpc) is 2.16. The van der Waals surface area contributed by atoms with Crippen molar-refractivity contribution in [3.05, 3.63) is 34.3 Å². The summed E-state index contributed by atoms with van der Waals surface area (Å²) in [6, 6.07) is 7.24. The number of nitrogens with zero attached hydrogens (tertiary/aromatic N) is 1. The third kappa shape index (κ3) is 2.45. The first-order chi connectivity index (χ1) is 7.49. The van der Waals surface area contributed by atoms with E-state index in [4.69, 9.17) is 5.11 Å². The quantitative estimate of drug-likeness (QED) is 0.905. The van der Waals surface area contributed by atoms with Crippen molar-refractivity contribution >= 4 is 26.0 Å². The van der Waals surface area contributed by atoms with Crippen LogP contribution in [0.15, 0.2) is 28.7 Å². The molecule has 1 N–H and O–H groups in total. The molecule has 0 unspecified atom stereocenters. The molecule has 1 aliphatic heterocycles. The third-order valence-corrected chi connectivity index (χ3v) is 5.05. The molecule has 1 saturated heterocycles. The van der Waals surface area contributed by atoms with E-state index in [1.807, 2.05) is 12.1 Å². The minimum atomic E-state index is -3.29. The molecule has 6 heteroatoms. The highest BCUT2D eigenvalue weighted by Crippen LogP contribution is 2.22. The molecule has 4 nitrogen and oxygen atoms in total. The molecule has 88 valence electrons. The van der Waals surface area contributed by atoms with Gasteiger partial charge in [0.15, 0.2) is 0 Å². The van der Waals surface area contributed by atoms with Gasteiger partial charge in [-0.2, -0.15) is 4.31 Å². The van der Waals surface area contributed by atoms with Crippen LogP contribution in [-0.4, -0.2) is 37.0 Å². The summed E-state index contributed by atoms with van der Waals surface area (Å²) in [7, 11) is -3.29. The molecule has 0 bridgehead atoms. The molecule has 1 heterocycles. The van der Waals surface area contributed by atoms with Gasteiger partial charge >= 0.3 is 0 Å². The molecule has 0 aliphatic carbocycles. The van der Waals surface area contributed by atoms with E-state index >= 15 is 0 Å². The van der Waals surface area contributed by atoms with Crippen LogP contribution in [0.25, 0.3) is 0 Å². The fraction of sp³-hybridized carbons (Fsp3) is 0.400. The Bertz CT molecular complexity index is 483. The van der Waals surface area contributed by atoms with Gasteiger partial charge in [0.1, 0.15) is 0 Å². The Hall–Kier alpha value is -0.430. The summed E-state index contributed by atoms with van der Waals surface area (Å²) in [6.07, 6.45) is -0.506. The maximum Gasteiger partial charge on any atom is 0.218 e. The van der Waals surface area contributed by atoms with Crippen molar-refractivity contribution in [2.75, 3.05) is 13.1 Å². The van der Waals surface area contributed by atoms with Crippen molar-refractivity contribution in [3.8, 4) is 0 Å². The van der Waals surface area contributed by atoms with Crippen LogP contribution in [0.2, 0.25) is 0 Å². The molecule has 0 spiro atoms. The monoisotopic (exact) mass is 305 g/mol. The molecule has 0 aromatic heterocycles. The van der Waals surface area contributed by atoms with E-state index in [9.17, 15) is 8.42 Å². The summed E-state index contributed by atoms with van der Waals surface area (Å²) < 4.78 is 25.8. The van der Waals surface area contributed by atoms with Gasteiger partial charge in [0.2, 0.25) is 10.0 Å². The van der Waals surface area contributed by atoms with Gasteiger partial charge in [-0.05, 0) is 11.6 Å². The maximum atomic E-state index is 11.9. The fourth-order valence-corrected chi connectivity index (χ4v) is 3.78. The van der Waals surface area contributed by atoms with Crippen LogP contribution in [-0.2, 0) is 15.8 Å². The summed E-state index contributed by atoms with van der Waals surface area (Å²) in [5, 5.41) is 9.09. The van der Waals surface area contributed by atoms with Crippen LogP contribution in [0.5, 0.6) is 0 Å². The molecule has 0 atom stereocenters. The van der Waals surface area contributed by atoms with E-state index in [0.717, 1.165) is 10.0 Å². The second kappa shape index (κ2) is 4.44. The number of β-amino-alcohol motifs (C(OH)–C–C–N with tert-alkyl or cyclic N) is 1. The first-order valence-electron chi connectivity index (χ1n) is 4.88. The lowest BCUT2D eigenvalue weighted by atomic mass is 10.2. The number of hydrogen-bond acceptors (Lipinski definition) is 3. The molecule has 0 saturated carbocycles. The number of aliphatic hydroxyl groups is 1. The summed E-state index contributed by atoms with van der Waals surface area (Å²) in [5.41, 5.74) is 0.740. The van der Waals surface area contributed by atoms with Gasteiger partial charge in [0.25, 0.3) is 0 Å². The van der Waals surface area contributed by atoms with Crippen molar-refractivity contribution < 1.29 is 13.5 Å². The van der Waals surface area contributed by atoms with Crippen LogP contribution in [0.1, 0.15) is 5.56 Å². The van der Waals surface area contributed by atoms with Crippen LogP contribution in [0.3, 0.4) is 0 Å². The number of benzene rings is 1. The molecule has 1 fully saturated rings. The number of halogens is 1. The molecule has 1 aromatic rings. The Morgan fingerprint density at radius 2 is 2.00 bits per heavy atom. The number of aliphatic hydroxyl groups excluding tert-OH is 1. The summed E-state index contributed by atoms with van der Waals surface area (Å²) >= 11 is 3.32. The second-order valence-corrected chi connectivity index (χ2v) is 6.64. The maximum absolute atomic E-state index is 11.9. The lowest BCUT2D eigenvalue weighted by Crippen LogP contribution is -2.53. The van der Waals surface area contributed by atoms with Crippen LogP contribution in [0.4, 0.5) is 0 Å². The minimum Gasteiger partial charge on any atom is -0.390 e. The number of sulfonamides is 1. The molecule has 2 rings (SSSR count). The van der Waals surface area contributed by atoms with Gasteiger partial charge in [0, 0.05) is 17.6 Å². The molecule has 1 aliphatic rings. The minimum absolute atomic E-state index is 0.0266.